The monoisotopic (exact) mass is 465 g/mol. The molecule has 0 saturated heterocycles. The number of carbonyl (C=O) groups is 2. The van der Waals surface area contributed by atoms with Crippen molar-refractivity contribution in [2.75, 3.05) is 11.9 Å². The number of nitrogens with one attached hydrogen (secondary N) is 1. The van der Waals surface area contributed by atoms with Gasteiger partial charge in [0.25, 0.3) is 11.6 Å². The number of nitrogens with zero attached hydrogens (tertiary/aromatic N) is 2. The van der Waals surface area contributed by atoms with Crippen LogP contribution in [0.3, 0.4) is 0 Å². The van der Waals surface area contributed by atoms with E-state index in [1.807, 2.05) is 0 Å². The van der Waals surface area contributed by atoms with Crippen LogP contribution in [0, 0.1) is 21.4 Å². The Morgan fingerprint density at radius 3 is 2.58 bits per heavy atom. The standard InChI is InChI=1S/C23H16ClN3O6/c1-2-32-23(29)15-5-3-14(4-6-15)21-10-8-18(33-21)11-16(13-25)22(28)26-19-9-7-17(24)12-20(19)27(30)31/h3-12H,2H2,1H3,(H,26,28). The zero-order valence-electron chi connectivity index (χ0n) is 17.2. The number of hydrogen-bond acceptors (Lipinski definition) is 7. The van der Waals surface area contributed by atoms with Crippen molar-refractivity contribution in [3.05, 3.63) is 86.6 Å². The molecular formula is C23H16ClN3O6. The fourth-order valence-corrected chi connectivity index (χ4v) is 2.98. The molecule has 0 unspecified atom stereocenters. The van der Waals surface area contributed by atoms with Crippen LogP contribution in [-0.2, 0) is 9.53 Å². The average Bonchev–Trinajstić information content (AvgIpc) is 3.27. The Morgan fingerprint density at radius 2 is 1.94 bits per heavy atom. The summed E-state index contributed by atoms with van der Waals surface area (Å²) in [5, 5.41) is 23.1. The smallest absolute Gasteiger partial charge is 0.338 e. The van der Waals surface area contributed by atoms with Gasteiger partial charge in [-0.2, -0.15) is 5.26 Å². The van der Waals surface area contributed by atoms with Crippen LogP contribution < -0.4 is 5.32 Å². The van der Waals surface area contributed by atoms with Gasteiger partial charge in [0.2, 0.25) is 0 Å². The topological polar surface area (TPSA) is 135 Å². The van der Waals surface area contributed by atoms with Crippen LogP contribution in [0.5, 0.6) is 0 Å². The number of nitro benzene ring substituents is 1. The lowest BCUT2D eigenvalue weighted by Crippen LogP contribution is -2.14. The molecule has 0 atom stereocenters. The molecule has 0 saturated carbocycles. The number of furan rings is 1. The van der Waals surface area contributed by atoms with Crippen molar-refractivity contribution in [1.82, 2.24) is 0 Å². The molecule has 0 spiro atoms. The number of ether oxygens (including phenoxy) is 1. The van der Waals surface area contributed by atoms with Gasteiger partial charge >= 0.3 is 5.97 Å². The highest BCUT2D eigenvalue weighted by atomic mass is 35.5. The van der Waals surface area contributed by atoms with Crippen molar-refractivity contribution in [2.24, 2.45) is 0 Å². The van der Waals surface area contributed by atoms with Crippen molar-refractivity contribution in [2.45, 2.75) is 6.92 Å². The lowest BCUT2D eigenvalue weighted by molar-refractivity contribution is -0.383. The molecule has 9 nitrogen and oxygen atoms in total. The van der Waals surface area contributed by atoms with E-state index < -0.39 is 22.5 Å². The molecule has 3 aromatic rings. The molecule has 166 valence electrons. The molecule has 2 aromatic carbocycles. The number of nitriles is 1. The SMILES string of the molecule is CCOC(=O)c1ccc(-c2ccc(C=C(C#N)C(=O)Nc3ccc(Cl)cc3[N+](=O)[O-])o2)cc1. The molecule has 3 rings (SSSR count). The predicted octanol–water partition coefficient (Wildman–Crippen LogP) is 5.23. The molecule has 0 aliphatic rings. The van der Waals surface area contributed by atoms with E-state index in [9.17, 15) is 25.0 Å². The quantitative estimate of drug-likeness (QED) is 0.166. The summed E-state index contributed by atoms with van der Waals surface area (Å²) < 4.78 is 10.6. The lowest BCUT2D eigenvalue weighted by Gasteiger charge is -2.05. The van der Waals surface area contributed by atoms with Gasteiger partial charge in [0.05, 0.1) is 17.1 Å². The normalized spacial score (nSPS) is 10.9. The first kappa shape index (κ1) is 23.2. The molecular weight excluding hydrogens is 450 g/mol. The third kappa shape index (κ3) is 5.64. The summed E-state index contributed by atoms with van der Waals surface area (Å²) in [5.41, 5.74) is 0.240. The average molecular weight is 466 g/mol. The number of nitro groups is 1. The van der Waals surface area contributed by atoms with Gasteiger partial charge in [-0.05, 0) is 43.3 Å². The number of anilines is 1. The van der Waals surface area contributed by atoms with E-state index in [0.717, 1.165) is 6.07 Å². The fraction of sp³-hybridized carbons (Fsp3) is 0.0870. The van der Waals surface area contributed by atoms with Gasteiger partial charge in [0.15, 0.2) is 0 Å². The number of benzene rings is 2. The summed E-state index contributed by atoms with van der Waals surface area (Å²) >= 11 is 5.77. The molecule has 33 heavy (non-hydrogen) atoms. The Morgan fingerprint density at radius 1 is 1.21 bits per heavy atom. The van der Waals surface area contributed by atoms with E-state index in [2.05, 4.69) is 5.32 Å². The van der Waals surface area contributed by atoms with Crippen molar-refractivity contribution in [3.63, 3.8) is 0 Å². The Balaban J connectivity index is 1.79. The Hall–Kier alpha value is -4.42. The highest BCUT2D eigenvalue weighted by Gasteiger charge is 2.19. The van der Waals surface area contributed by atoms with Gasteiger partial charge in [-0.1, -0.05) is 23.7 Å². The molecule has 1 heterocycles. The first-order valence-corrected chi connectivity index (χ1v) is 9.94. The van der Waals surface area contributed by atoms with Crippen molar-refractivity contribution >= 4 is 40.9 Å². The van der Waals surface area contributed by atoms with Gasteiger partial charge in [-0.15, -0.1) is 0 Å². The van der Waals surface area contributed by atoms with Crippen LogP contribution >= 0.6 is 11.6 Å². The third-order valence-electron chi connectivity index (χ3n) is 4.36. The second-order valence-electron chi connectivity index (χ2n) is 6.54. The summed E-state index contributed by atoms with van der Waals surface area (Å²) in [6.07, 6.45) is 1.22. The second-order valence-corrected chi connectivity index (χ2v) is 6.98. The van der Waals surface area contributed by atoms with Crippen LogP contribution in [0.4, 0.5) is 11.4 Å². The first-order valence-electron chi connectivity index (χ1n) is 9.57. The van der Waals surface area contributed by atoms with E-state index in [1.165, 1.54) is 18.2 Å². The number of halogens is 1. The molecule has 1 amide bonds. The van der Waals surface area contributed by atoms with Crippen LogP contribution in [0.25, 0.3) is 17.4 Å². The maximum Gasteiger partial charge on any atom is 0.338 e. The summed E-state index contributed by atoms with van der Waals surface area (Å²) in [6.45, 7) is 1.99. The van der Waals surface area contributed by atoms with Crippen molar-refractivity contribution < 1.29 is 23.7 Å². The van der Waals surface area contributed by atoms with Crippen LogP contribution in [0.15, 0.2) is 64.6 Å². The second kappa shape index (κ2) is 10.3. The molecule has 1 aromatic heterocycles. The molecule has 1 N–H and O–H groups in total. The summed E-state index contributed by atoms with van der Waals surface area (Å²) in [7, 11) is 0. The molecule has 0 fully saturated rings. The minimum Gasteiger partial charge on any atom is -0.462 e. The predicted molar refractivity (Wildman–Crippen MR) is 120 cm³/mol. The summed E-state index contributed by atoms with van der Waals surface area (Å²) in [6, 6.07) is 15.3. The summed E-state index contributed by atoms with van der Waals surface area (Å²) in [5.74, 6) is -0.614. The Labute approximate surface area is 193 Å². The largest absolute Gasteiger partial charge is 0.462 e. The van der Waals surface area contributed by atoms with Gasteiger partial charge in [0, 0.05) is 22.7 Å². The van der Waals surface area contributed by atoms with Crippen molar-refractivity contribution in [1.29, 1.82) is 5.26 Å². The van der Waals surface area contributed by atoms with Gasteiger partial charge in [0.1, 0.15) is 28.9 Å². The maximum atomic E-state index is 12.5. The van der Waals surface area contributed by atoms with Gasteiger partial charge in [-0.3, -0.25) is 14.9 Å². The molecule has 10 heteroatoms. The van der Waals surface area contributed by atoms with Crippen molar-refractivity contribution in [3.8, 4) is 17.4 Å². The van der Waals surface area contributed by atoms with E-state index in [4.69, 9.17) is 20.8 Å². The van der Waals surface area contributed by atoms with E-state index in [-0.39, 0.29) is 28.7 Å². The fourth-order valence-electron chi connectivity index (χ4n) is 2.81. The number of carbonyl (C=O) groups excluding carboxylic acids is 2. The zero-order chi connectivity index (χ0) is 24.0. The van der Waals surface area contributed by atoms with E-state index in [0.29, 0.717) is 16.9 Å². The first-order chi connectivity index (χ1) is 15.8. The minimum absolute atomic E-state index is 0.0997. The Bertz CT molecular complexity index is 1290. The number of amides is 1. The van der Waals surface area contributed by atoms with Gasteiger partial charge < -0.3 is 14.5 Å². The highest BCUT2D eigenvalue weighted by molar-refractivity contribution is 6.31. The number of hydrogen-bond donors (Lipinski definition) is 1. The summed E-state index contributed by atoms with van der Waals surface area (Å²) in [4.78, 5) is 34.7. The molecule has 0 bridgehead atoms. The zero-order valence-corrected chi connectivity index (χ0v) is 18.0. The molecule has 0 aliphatic heterocycles. The third-order valence-corrected chi connectivity index (χ3v) is 4.60. The lowest BCUT2D eigenvalue weighted by atomic mass is 10.1. The highest BCUT2D eigenvalue weighted by Crippen LogP contribution is 2.28. The molecule has 0 aliphatic carbocycles. The maximum absolute atomic E-state index is 12.5. The van der Waals surface area contributed by atoms with Gasteiger partial charge in [-0.25, -0.2) is 4.79 Å². The minimum atomic E-state index is -0.848. The number of esters is 1. The van der Waals surface area contributed by atoms with Crippen LogP contribution in [0.1, 0.15) is 23.0 Å². The Kier molecular flexibility index (Phi) is 7.23. The van der Waals surface area contributed by atoms with E-state index in [1.54, 1.807) is 49.4 Å². The molecule has 0 radical (unpaired) electrons. The van der Waals surface area contributed by atoms with E-state index >= 15 is 0 Å². The van der Waals surface area contributed by atoms with Crippen LogP contribution in [-0.4, -0.2) is 23.4 Å². The van der Waals surface area contributed by atoms with Crippen LogP contribution in [0.2, 0.25) is 5.02 Å². The number of rotatable bonds is 7.